The third-order valence-electron chi connectivity index (χ3n) is 3.52. The van der Waals surface area contributed by atoms with Crippen molar-refractivity contribution in [2.24, 2.45) is 0 Å². The minimum Gasteiger partial charge on any atom is -0.315 e. The Hall–Kier alpha value is -2.63. The van der Waals surface area contributed by atoms with Crippen LogP contribution in [0.5, 0.6) is 0 Å². The van der Waals surface area contributed by atoms with E-state index in [4.69, 9.17) is 0 Å². The van der Waals surface area contributed by atoms with Gasteiger partial charge < -0.3 is 4.90 Å². The number of nitrogens with zero attached hydrogens (tertiary/aromatic N) is 4. The Morgan fingerprint density at radius 2 is 1.86 bits per heavy atom. The van der Waals surface area contributed by atoms with Crippen LogP contribution in [0.4, 0.5) is 10.6 Å². The van der Waals surface area contributed by atoms with Gasteiger partial charge in [-0.3, -0.25) is 4.79 Å². The standard InChI is InChI=1S/C15H16N4O2/c1-3-17-10-14(20)19(15(17)21)13-8-9-18(16-13)12-6-4-11(2)5-7-12/h4-9H,3,10H2,1-2H3. The minimum atomic E-state index is -0.309. The number of imide groups is 1. The van der Waals surface area contributed by atoms with E-state index in [1.165, 1.54) is 4.90 Å². The smallest absolute Gasteiger partial charge is 0.315 e. The summed E-state index contributed by atoms with van der Waals surface area (Å²) in [7, 11) is 0. The van der Waals surface area contributed by atoms with Gasteiger partial charge in [-0.15, -0.1) is 5.10 Å². The van der Waals surface area contributed by atoms with E-state index in [1.54, 1.807) is 16.9 Å². The third kappa shape index (κ3) is 2.29. The average Bonchev–Trinajstić information content (AvgIpc) is 3.04. The average molecular weight is 284 g/mol. The maximum atomic E-state index is 12.1. The highest BCUT2D eigenvalue weighted by Gasteiger charge is 2.37. The van der Waals surface area contributed by atoms with Gasteiger partial charge in [0.25, 0.3) is 5.91 Å². The molecular weight excluding hydrogens is 268 g/mol. The molecule has 0 bridgehead atoms. The Kier molecular flexibility index (Phi) is 3.21. The zero-order valence-electron chi connectivity index (χ0n) is 12.0. The van der Waals surface area contributed by atoms with Crippen LogP contribution >= 0.6 is 0 Å². The Bertz CT molecular complexity index is 690. The van der Waals surface area contributed by atoms with E-state index in [-0.39, 0.29) is 18.5 Å². The molecule has 3 rings (SSSR count). The number of rotatable bonds is 3. The van der Waals surface area contributed by atoms with E-state index in [0.29, 0.717) is 12.4 Å². The van der Waals surface area contributed by atoms with Crippen LogP contribution in [-0.2, 0) is 4.79 Å². The molecule has 0 aliphatic carbocycles. The molecule has 0 N–H and O–H groups in total. The molecule has 21 heavy (non-hydrogen) atoms. The van der Waals surface area contributed by atoms with Crippen LogP contribution in [0.1, 0.15) is 12.5 Å². The quantitative estimate of drug-likeness (QED) is 0.810. The fraction of sp³-hybridized carbons (Fsp3) is 0.267. The number of anilines is 1. The van der Waals surface area contributed by atoms with Crippen LogP contribution in [0.2, 0.25) is 0 Å². The lowest BCUT2D eigenvalue weighted by Crippen LogP contribution is -2.33. The Morgan fingerprint density at radius 3 is 2.48 bits per heavy atom. The number of aromatic nitrogens is 2. The maximum Gasteiger partial charge on any atom is 0.333 e. The summed E-state index contributed by atoms with van der Waals surface area (Å²) in [4.78, 5) is 26.7. The molecule has 0 atom stereocenters. The summed E-state index contributed by atoms with van der Waals surface area (Å²) in [5.74, 6) is 0.123. The highest BCUT2D eigenvalue weighted by atomic mass is 16.2. The SMILES string of the molecule is CCN1CC(=O)N(c2ccn(-c3ccc(C)cc3)n2)C1=O. The van der Waals surface area contributed by atoms with Crippen molar-refractivity contribution in [2.45, 2.75) is 13.8 Å². The van der Waals surface area contributed by atoms with Crippen LogP contribution in [0, 0.1) is 6.92 Å². The Labute approximate surface area is 122 Å². The summed E-state index contributed by atoms with van der Waals surface area (Å²) < 4.78 is 1.66. The molecule has 6 nitrogen and oxygen atoms in total. The maximum absolute atomic E-state index is 12.1. The van der Waals surface area contributed by atoms with Crippen molar-refractivity contribution >= 4 is 17.8 Å². The first-order valence-corrected chi connectivity index (χ1v) is 6.84. The predicted octanol–water partition coefficient (Wildman–Crippen LogP) is 1.97. The first-order chi connectivity index (χ1) is 10.1. The summed E-state index contributed by atoms with van der Waals surface area (Å²) in [6.07, 6.45) is 1.75. The van der Waals surface area contributed by atoms with Gasteiger partial charge in [0.2, 0.25) is 0 Å². The number of hydrogen-bond donors (Lipinski definition) is 0. The van der Waals surface area contributed by atoms with Crippen molar-refractivity contribution in [1.29, 1.82) is 0 Å². The molecule has 3 amide bonds. The van der Waals surface area contributed by atoms with Gasteiger partial charge in [-0.05, 0) is 26.0 Å². The van der Waals surface area contributed by atoms with Gasteiger partial charge in [0, 0.05) is 18.8 Å². The van der Waals surface area contributed by atoms with Gasteiger partial charge in [0.05, 0.1) is 5.69 Å². The largest absolute Gasteiger partial charge is 0.333 e. The molecule has 2 aromatic rings. The monoisotopic (exact) mass is 284 g/mol. The summed E-state index contributed by atoms with van der Waals surface area (Å²) in [5.41, 5.74) is 2.05. The second kappa shape index (κ2) is 5.05. The van der Waals surface area contributed by atoms with Crippen molar-refractivity contribution in [3.63, 3.8) is 0 Å². The molecule has 0 unspecified atom stereocenters. The lowest BCUT2D eigenvalue weighted by Gasteiger charge is -2.12. The van der Waals surface area contributed by atoms with Crippen LogP contribution in [0.15, 0.2) is 36.5 Å². The molecule has 6 heteroatoms. The first kappa shape index (κ1) is 13.4. The number of carbonyl (C=O) groups excluding carboxylic acids is 2. The van der Waals surface area contributed by atoms with Gasteiger partial charge in [-0.1, -0.05) is 17.7 Å². The van der Waals surface area contributed by atoms with E-state index in [9.17, 15) is 9.59 Å². The molecule has 108 valence electrons. The second-order valence-electron chi connectivity index (χ2n) is 4.98. The number of amides is 3. The molecule has 0 radical (unpaired) electrons. The normalized spacial score (nSPS) is 15.1. The molecule has 0 spiro atoms. The summed E-state index contributed by atoms with van der Waals surface area (Å²) >= 11 is 0. The predicted molar refractivity (Wildman–Crippen MR) is 78.4 cm³/mol. The lowest BCUT2D eigenvalue weighted by molar-refractivity contribution is -0.116. The fourth-order valence-electron chi connectivity index (χ4n) is 2.30. The minimum absolute atomic E-state index is 0.118. The van der Waals surface area contributed by atoms with Crippen LogP contribution in [0.25, 0.3) is 5.69 Å². The van der Waals surface area contributed by atoms with E-state index in [0.717, 1.165) is 16.2 Å². The van der Waals surface area contributed by atoms with E-state index in [1.807, 2.05) is 38.1 Å². The van der Waals surface area contributed by atoms with Crippen LogP contribution < -0.4 is 4.90 Å². The zero-order valence-corrected chi connectivity index (χ0v) is 12.0. The van der Waals surface area contributed by atoms with E-state index >= 15 is 0 Å². The Balaban J connectivity index is 1.90. The number of urea groups is 1. The highest BCUT2D eigenvalue weighted by Crippen LogP contribution is 2.20. The van der Waals surface area contributed by atoms with Crippen molar-refractivity contribution in [3.8, 4) is 5.69 Å². The molecule has 1 saturated heterocycles. The molecular formula is C15H16N4O2. The number of benzene rings is 1. The van der Waals surface area contributed by atoms with Crippen LogP contribution in [-0.4, -0.2) is 39.7 Å². The number of carbonyl (C=O) groups is 2. The van der Waals surface area contributed by atoms with Gasteiger partial charge in [-0.25, -0.2) is 14.4 Å². The first-order valence-electron chi connectivity index (χ1n) is 6.84. The number of aryl methyl sites for hydroxylation is 1. The van der Waals surface area contributed by atoms with Gasteiger partial charge in [0.15, 0.2) is 5.82 Å². The van der Waals surface area contributed by atoms with E-state index < -0.39 is 0 Å². The number of hydrogen-bond acceptors (Lipinski definition) is 3. The van der Waals surface area contributed by atoms with Crippen LogP contribution in [0.3, 0.4) is 0 Å². The third-order valence-corrected chi connectivity index (χ3v) is 3.52. The summed E-state index contributed by atoms with van der Waals surface area (Å²) in [5, 5.41) is 4.34. The highest BCUT2D eigenvalue weighted by molar-refractivity contribution is 6.19. The van der Waals surface area contributed by atoms with Crippen molar-refractivity contribution in [3.05, 3.63) is 42.1 Å². The van der Waals surface area contributed by atoms with Gasteiger partial charge >= 0.3 is 6.03 Å². The molecule has 1 aromatic heterocycles. The van der Waals surface area contributed by atoms with Crippen molar-refractivity contribution < 1.29 is 9.59 Å². The molecule has 1 aliphatic heterocycles. The summed E-state index contributed by atoms with van der Waals surface area (Å²) in [6.45, 7) is 4.49. The summed E-state index contributed by atoms with van der Waals surface area (Å²) in [6, 6.07) is 9.23. The zero-order chi connectivity index (χ0) is 15.0. The van der Waals surface area contributed by atoms with Crippen molar-refractivity contribution in [2.75, 3.05) is 18.0 Å². The molecule has 1 fully saturated rings. The number of likely N-dealkylation sites (N-methyl/N-ethyl adjacent to an activating group) is 1. The second-order valence-corrected chi connectivity index (χ2v) is 4.98. The topological polar surface area (TPSA) is 58.4 Å². The Morgan fingerprint density at radius 1 is 1.14 bits per heavy atom. The van der Waals surface area contributed by atoms with Gasteiger partial charge in [-0.2, -0.15) is 0 Å². The van der Waals surface area contributed by atoms with Crippen molar-refractivity contribution in [1.82, 2.24) is 14.7 Å². The van der Waals surface area contributed by atoms with Gasteiger partial charge in [0.1, 0.15) is 6.54 Å². The lowest BCUT2D eigenvalue weighted by atomic mass is 10.2. The fourth-order valence-corrected chi connectivity index (χ4v) is 2.30. The molecule has 1 aromatic carbocycles. The molecule has 0 saturated carbocycles. The molecule has 2 heterocycles. The molecule has 1 aliphatic rings. The van der Waals surface area contributed by atoms with E-state index in [2.05, 4.69) is 5.10 Å².